The lowest BCUT2D eigenvalue weighted by Gasteiger charge is -2.31. The molecule has 0 radical (unpaired) electrons. The van der Waals surface area contributed by atoms with Crippen LogP contribution in [0.5, 0.6) is 5.75 Å². The van der Waals surface area contributed by atoms with Crippen LogP contribution in [0.3, 0.4) is 0 Å². The van der Waals surface area contributed by atoms with E-state index in [1.165, 1.54) is 22.3 Å². The molecule has 4 nitrogen and oxygen atoms in total. The number of hydrogen-bond donors (Lipinski definition) is 2. The van der Waals surface area contributed by atoms with Crippen LogP contribution in [0.15, 0.2) is 42.5 Å². The van der Waals surface area contributed by atoms with E-state index < -0.39 is 7.82 Å². The molecule has 5 heteroatoms. The van der Waals surface area contributed by atoms with Crippen molar-refractivity contribution >= 4 is 7.82 Å². The van der Waals surface area contributed by atoms with Gasteiger partial charge in [0.25, 0.3) is 0 Å². The predicted molar refractivity (Wildman–Crippen MR) is 174 cm³/mol. The number of rotatable bonds is 4. The largest absolute Gasteiger partial charge is 0.524 e. The van der Waals surface area contributed by atoms with Gasteiger partial charge in [0.05, 0.1) is 0 Å². The van der Waals surface area contributed by atoms with Gasteiger partial charge in [0.2, 0.25) is 0 Å². The van der Waals surface area contributed by atoms with Crippen LogP contribution in [0.25, 0.3) is 22.3 Å². The molecule has 3 rings (SSSR count). The maximum absolute atomic E-state index is 12.2. The SMILES string of the molecule is Cc1c(OP(=O)(O)O)cc(-c2ccc(C(C)(C)C)cc2C(C)(C)C)c(C)c1-c1ccc(C(C)(C)C)cc1C(C)(C)C. The van der Waals surface area contributed by atoms with Crippen LogP contribution >= 0.6 is 7.82 Å². The first-order valence-electron chi connectivity index (χ1n) is 14.5. The predicted octanol–water partition coefficient (Wildman–Crippen LogP) is 10.3. The molecule has 224 valence electrons. The third kappa shape index (κ3) is 7.34. The summed E-state index contributed by atoms with van der Waals surface area (Å²) >= 11 is 0. The Labute approximate surface area is 248 Å². The molecule has 0 atom stereocenters. The van der Waals surface area contributed by atoms with E-state index in [0.717, 1.165) is 27.8 Å². The fraction of sp³-hybridized carbons (Fsp3) is 0.500. The highest BCUT2D eigenvalue weighted by atomic mass is 31.2. The van der Waals surface area contributed by atoms with Gasteiger partial charge in [-0.05, 0) is 97.2 Å². The van der Waals surface area contributed by atoms with E-state index in [4.69, 9.17) is 4.52 Å². The van der Waals surface area contributed by atoms with Gasteiger partial charge in [0.15, 0.2) is 0 Å². The van der Waals surface area contributed by atoms with Gasteiger partial charge in [-0.3, -0.25) is 9.79 Å². The summed E-state index contributed by atoms with van der Waals surface area (Å²) in [5.74, 6) is 0.202. The van der Waals surface area contributed by atoms with Crippen molar-refractivity contribution in [2.75, 3.05) is 0 Å². The van der Waals surface area contributed by atoms with Crippen molar-refractivity contribution in [3.63, 3.8) is 0 Å². The van der Waals surface area contributed by atoms with Gasteiger partial charge in [-0.2, -0.15) is 0 Å². The number of phosphoric ester groups is 1. The lowest BCUT2D eigenvalue weighted by molar-refractivity contribution is 0.282. The van der Waals surface area contributed by atoms with Crippen LogP contribution in [0.4, 0.5) is 0 Å². The van der Waals surface area contributed by atoms with Gasteiger partial charge in [0, 0.05) is 0 Å². The topological polar surface area (TPSA) is 66.8 Å². The van der Waals surface area contributed by atoms with Crippen LogP contribution in [0.1, 0.15) is 116 Å². The summed E-state index contributed by atoms with van der Waals surface area (Å²) in [5, 5.41) is 0. The molecule has 0 saturated carbocycles. The number of benzene rings is 3. The van der Waals surface area contributed by atoms with E-state index in [-0.39, 0.29) is 27.4 Å². The maximum Gasteiger partial charge on any atom is 0.524 e. The summed E-state index contributed by atoms with van der Waals surface area (Å²) in [5.41, 5.74) is 10.2. The Bertz CT molecular complexity index is 1500. The van der Waals surface area contributed by atoms with Gasteiger partial charge < -0.3 is 4.52 Å². The number of phosphoric acid groups is 1. The molecule has 0 spiro atoms. The Balaban J connectivity index is 2.53. The Morgan fingerprint density at radius 1 is 0.561 bits per heavy atom. The molecule has 41 heavy (non-hydrogen) atoms. The normalized spacial score (nSPS) is 13.5. The summed E-state index contributed by atoms with van der Waals surface area (Å²) in [6.07, 6.45) is 0. The van der Waals surface area contributed by atoms with Crippen molar-refractivity contribution in [2.45, 2.75) is 119 Å². The molecule has 0 aliphatic carbocycles. The van der Waals surface area contributed by atoms with Crippen molar-refractivity contribution < 1.29 is 18.9 Å². The lowest BCUT2D eigenvalue weighted by atomic mass is 9.74. The Kier molecular flexibility index (Phi) is 8.65. The molecule has 3 aromatic carbocycles. The molecule has 0 aromatic heterocycles. The zero-order chi connectivity index (χ0) is 31.5. The van der Waals surface area contributed by atoms with Crippen molar-refractivity contribution in [1.82, 2.24) is 0 Å². The Morgan fingerprint density at radius 3 is 1.37 bits per heavy atom. The molecule has 0 aliphatic heterocycles. The van der Waals surface area contributed by atoms with Crippen molar-refractivity contribution in [3.05, 3.63) is 75.8 Å². The summed E-state index contributed by atoms with van der Waals surface area (Å²) in [6.45, 7) is 30.6. The summed E-state index contributed by atoms with van der Waals surface area (Å²) in [4.78, 5) is 19.8. The van der Waals surface area contributed by atoms with Crippen molar-refractivity contribution in [1.29, 1.82) is 0 Å². The molecule has 0 unspecified atom stereocenters. The lowest BCUT2D eigenvalue weighted by Crippen LogP contribution is -2.18. The molecule has 0 aliphatic rings. The highest BCUT2D eigenvalue weighted by Gasteiger charge is 2.30. The highest BCUT2D eigenvalue weighted by molar-refractivity contribution is 7.46. The minimum Gasteiger partial charge on any atom is -0.404 e. The summed E-state index contributed by atoms with van der Waals surface area (Å²) in [7, 11) is -4.80. The molecule has 0 saturated heterocycles. The quantitative estimate of drug-likeness (QED) is 0.302. The van der Waals surface area contributed by atoms with E-state index >= 15 is 0 Å². The first-order valence-corrected chi connectivity index (χ1v) is 16.1. The molecular formula is C36H51O4P. The summed E-state index contributed by atoms with van der Waals surface area (Å²) < 4.78 is 17.6. The highest BCUT2D eigenvalue weighted by Crippen LogP contribution is 2.49. The van der Waals surface area contributed by atoms with E-state index in [0.29, 0.717) is 5.56 Å². The zero-order valence-electron chi connectivity index (χ0n) is 27.7. The van der Waals surface area contributed by atoms with Crippen LogP contribution in [0, 0.1) is 13.8 Å². The van der Waals surface area contributed by atoms with E-state index in [1.54, 1.807) is 0 Å². The minimum atomic E-state index is -4.80. The van der Waals surface area contributed by atoms with Crippen molar-refractivity contribution in [2.24, 2.45) is 0 Å². The molecular weight excluding hydrogens is 527 g/mol. The number of hydrogen-bond acceptors (Lipinski definition) is 2. The van der Waals surface area contributed by atoms with Gasteiger partial charge in [0.1, 0.15) is 5.75 Å². The standard InChI is InChI=1S/C36H51O4P/c1-22-28(26-17-15-24(33(3,4)5)19-29(26)35(9,10)11)21-31(40-41(37,38)39)23(2)32(22)27-18-16-25(34(6,7)8)20-30(27)36(12,13)14/h15-21H,1-14H3,(H2,37,38,39). The van der Waals surface area contributed by atoms with Crippen LogP contribution < -0.4 is 4.52 Å². The second-order valence-electron chi connectivity index (χ2n) is 15.6. The second-order valence-corrected chi connectivity index (χ2v) is 16.8. The van der Waals surface area contributed by atoms with Gasteiger partial charge in [-0.1, -0.05) is 119 Å². The second kappa shape index (κ2) is 10.7. The average Bonchev–Trinajstić information content (AvgIpc) is 2.77. The molecule has 0 heterocycles. The third-order valence-electron chi connectivity index (χ3n) is 7.96. The van der Waals surface area contributed by atoms with Crippen LogP contribution in [-0.2, 0) is 26.2 Å². The van der Waals surface area contributed by atoms with Gasteiger partial charge in [-0.25, -0.2) is 4.57 Å². The fourth-order valence-corrected chi connectivity index (χ4v) is 5.95. The monoisotopic (exact) mass is 578 g/mol. The van der Waals surface area contributed by atoms with Gasteiger partial charge >= 0.3 is 7.82 Å². The average molecular weight is 579 g/mol. The van der Waals surface area contributed by atoms with E-state index in [9.17, 15) is 14.4 Å². The van der Waals surface area contributed by atoms with Crippen LogP contribution in [-0.4, -0.2) is 9.79 Å². The molecule has 0 amide bonds. The molecule has 3 aromatic rings. The van der Waals surface area contributed by atoms with Gasteiger partial charge in [-0.15, -0.1) is 0 Å². The minimum absolute atomic E-state index is 0.0168. The Morgan fingerprint density at radius 2 is 0.976 bits per heavy atom. The van der Waals surface area contributed by atoms with E-state index in [1.807, 2.05) is 13.0 Å². The maximum atomic E-state index is 12.2. The molecule has 0 bridgehead atoms. The van der Waals surface area contributed by atoms with Crippen molar-refractivity contribution in [3.8, 4) is 28.0 Å². The molecule has 0 fully saturated rings. The van der Waals surface area contributed by atoms with Crippen LogP contribution in [0.2, 0.25) is 0 Å². The van der Waals surface area contributed by atoms with E-state index in [2.05, 4.69) is 126 Å². The fourth-order valence-electron chi connectivity index (χ4n) is 5.51. The first kappa shape index (κ1) is 33.1. The first-order chi connectivity index (χ1) is 18.3. The zero-order valence-corrected chi connectivity index (χ0v) is 28.6. The Hall–Kier alpha value is -2.39. The third-order valence-corrected chi connectivity index (χ3v) is 8.40. The smallest absolute Gasteiger partial charge is 0.404 e. The summed E-state index contributed by atoms with van der Waals surface area (Å²) in [6, 6.07) is 15.1. The molecule has 2 N–H and O–H groups in total.